The van der Waals surface area contributed by atoms with E-state index in [1.807, 2.05) is 29.2 Å². The molecular formula is C29H33N3O3. The van der Waals surface area contributed by atoms with Crippen molar-refractivity contribution in [1.29, 1.82) is 0 Å². The van der Waals surface area contributed by atoms with Gasteiger partial charge >= 0.3 is 0 Å². The molecule has 1 aliphatic heterocycles. The van der Waals surface area contributed by atoms with Gasteiger partial charge in [0.1, 0.15) is 17.3 Å². The third-order valence-corrected chi connectivity index (χ3v) is 7.50. The number of amides is 1. The number of rotatable bonds is 9. The predicted octanol–water partition coefficient (Wildman–Crippen LogP) is 5.49. The van der Waals surface area contributed by atoms with Gasteiger partial charge in [0.25, 0.3) is 5.91 Å². The molecule has 1 aromatic heterocycles. The molecule has 182 valence electrons. The Morgan fingerprint density at radius 2 is 2.00 bits per heavy atom. The molecule has 6 rings (SSSR count). The van der Waals surface area contributed by atoms with Crippen LogP contribution in [0.5, 0.6) is 11.5 Å². The third kappa shape index (κ3) is 4.79. The van der Waals surface area contributed by atoms with E-state index >= 15 is 0 Å². The molecule has 3 aliphatic rings. The maximum absolute atomic E-state index is 13.6. The van der Waals surface area contributed by atoms with Crippen molar-refractivity contribution < 1.29 is 14.3 Å². The molecule has 0 N–H and O–H groups in total. The van der Waals surface area contributed by atoms with E-state index in [0.717, 1.165) is 54.9 Å². The molecule has 2 aromatic carbocycles. The lowest BCUT2D eigenvalue weighted by Crippen LogP contribution is -2.33. The fraction of sp³-hybridized carbons (Fsp3) is 0.448. The Morgan fingerprint density at radius 3 is 2.74 bits per heavy atom. The second kappa shape index (κ2) is 9.40. The number of carbonyl (C=O) groups excluding carboxylic acids is 1. The van der Waals surface area contributed by atoms with Crippen LogP contribution in [0.15, 0.2) is 48.7 Å². The Morgan fingerprint density at radius 1 is 1.11 bits per heavy atom. The smallest absolute Gasteiger partial charge is 0.254 e. The van der Waals surface area contributed by atoms with Gasteiger partial charge in [0.15, 0.2) is 0 Å². The number of hydrogen-bond donors (Lipinski definition) is 0. The highest BCUT2D eigenvalue weighted by Crippen LogP contribution is 2.35. The first-order valence-electron chi connectivity index (χ1n) is 13.0. The van der Waals surface area contributed by atoms with Crippen LogP contribution in [0.3, 0.4) is 0 Å². The first-order valence-corrected chi connectivity index (χ1v) is 13.0. The van der Waals surface area contributed by atoms with Crippen molar-refractivity contribution in [2.75, 3.05) is 13.7 Å². The Labute approximate surface area is 206 Å². The molecule has 3 aromatic rings. The minimum Gasteiger partial charge on any atom is -0.497 e. The number of carbonyl (C=O) groups is 1. The molecule has 6 heteroatoms. The summed E-state index contributed by atoms with van der Waals surface area (Å²) in [5.74, 6) is 3.38. The minimum atomic E-state index is 0.0387. The summed E-state index contributed by atoms with van der Waals surface area (Å²) in [6.07, 6.45) is 10.5. The fourth-order valence-electron chi connectivity index (χ4n) is 5.02. The zero-order valence-electron chi connectivity index (χ0n) is 20.4. The summed E-state index contributed by atoms with van der Waals surface area (Å²) in [6, 6.07) is 13.8. The molecular weight excluding hydrogens is 438 g/mol. The third-order valence-electron chi connectivity index (χ3n) is 7.50. The maximum atomic E-state index is 13.6. The maximum Gasteiger partial charge on any atom is 0.254 e. The predicted molar refractivity (Wildman–Crippen MR) is 135 cm³/mol. The summed E-state index contributed by atoms with van der Waals surface area (Å²) in [5, 5.41) is 0. The second-order valence-electron chi connectivity index (χ2n) is 10.2. The molecule has 1 amide bonds. The van der Waals surface area contributed by atoms with Crippen LogP contribution in [-0.2, 0) is 19.5 Å². The van der Waals surface area contributed by atoms with Crippen LogP contribution in [0.25, 0.3) is 11.3 Å². The quantitative estimate of drug-likeness (QED) is 0.414. The zero-order chi connectivity index (χ0) is 23.8. The molecule has 0 saturated heterocycles. The van der Waals surface area contributed by atoms with Crippen LogP contribution in [0.4, 0.5) is 0 Å². The highest BCUT2D eigenvalue weighted by molar-refractivity contribution is 5.94. The molecule has 0 unspecified atom stereocenters. The average Bonchev–Trinajstić information content (AvgIpc) is 3.41. The van der Waals surface area contributed by atoms with E-state index in [1.165, 1.54) is 31.5 Å². The number of benzene rings is 2. The van der Waals surface area contributed by atoms with E-state index in [9.17, 15) is 4.79 Å². The van der Waals surface area contributed by atoms with Crippen molar-refractivity contribution in [3.63, 3.8) is 0 Å². The van der Waals surface area contributed by atoms with Gasteiger partial charge in [0, 0.05) is 48.9 Å². The SMILES string of the molecule is COc1cccc(C(=O)N(Cc2cc(-c3cn4c(n3)CCC4)ccc2OC2CCC2)CC2CC2)c1. The number of imidazole rings is 1. The van der Waals surface area contributed by atoms with E-state index in [0.29, 0.717) is 23.8 Å². The summed E-state index contributed by atoms with van der Waals surface area (Å²) in [4.78, 5) is 20.5. The van der Waals surface area contributed by atoms with Crippen LogP contribution >= 0.6 is 0 Å². The molecule has 0 radical (unpaired) electrons. The molecule has 35 heavy (non-hydrogen) atoms. The number of fused-ring (bicyclic) bond motifs is 1. The van der Waals surface area contributed by atoms with Gasteiger partial charge < -0.3 is 18.9 Å². The highest BCUT2D eigenvalue weighted by Gasteiger charge is 2.29. The molecule has 2 aliphatic carbocycles. The number of ether oxygens (including phenoxy) is 2. The lowest BCUT2D eigenvalue weighted by molar-refractivity contribution is 0.0728. The lowest BCUT2D eigenvalue weighted by Gasteiger charge is -2.29. The lowest BCUT2D eigenvalue weighted by atomic mass is 9.96. The summed E-state index contributed by atoms with van der Waals surface area (Å²) in [7, 11) is 1.63. The van der Waals surface area contributed by atoms with Gasteiger partial charge in [-0.05, 0) is 80.8 Å². The Kier molecular flexibility index (Phi) is 5.96. The Bertz CT molecular complexity index is 1200. The first-order chi connectivity index (χ1) is 17.2. The molecule has 6 nitrogen and oxygen atoms in total. The zero-order valence-corrected chi connectivity index (χ0v) is 20.4. The van der Waals surface area contributed by atoms with Gasteiger partial charge in [-0.1, -0.05) is 6.07 Å². The van der Waals surface area contributed by atoms with E-state index in [4.69, 9.17) is 14.5 Å². The molecule has 2 heterocycles. The van der Waals surface area contributed by atoms with Crippen LogP contribution in [-0.4, -0.2) is 40.1 Å². The highest BCUT2D eigenvalue weighted by atomic mass is 16.5. The number of methoxy groups -OCH3 is 1. The number of aromatic nitrogens is 2. The van der Waals surface area contributed by atoms with Crippen LogP contribution in [0.1, 0.15) is 60.3 Å². The molecule has 0 spiro atoms. The first kappa shape index (κ1) is 22.2. The van der Waals surface area contributed by atoms with Crippen LogP contribution in [0, 0.1) is 5.92 Å². The molecule has 2 saturated carbocycles. The summed E-state index contributed by atoms with van der Waals surface area (Å²) in [6.45, 7) is 2.33. The topological polar surface area (TPSA) is 56.6 Å². The van der Waals surface area contributed by atoms with Crippen molar-refractivity contribution in [2.24, 2.45) is 5.92 Å². The number of nitrogens with zero attached hydrogens (tertiary/aromatic N) is 3. The number of hydrogen-bond acceptors (Lipinski definition) is 4. The van der Waals surface area contributed by atoms with Gasteiger partial charge in [-0.3, -0.25) is 4.79 Å². The molecule has 2 fully saturated rings. The van der Waals surface area contributed by atoms with E-state index in [1.54, 1.807) is 7.11 Å². The van der Waals surface area contributed by atoms with Crippen molar-refractivity contribution in [2.45, 2.75) is 64.1 Å². The van der Waals surface area contributed by atoms with Gasteiger partial charge in [-0.15, -0.1) is 0 Å². The van der Waals surface area contributed by atoms with Crippen LogP contribution in [0.2, 0.25) is 0 Å². The minimum absolute atomic E-state index is 0.0387. The number of aryl methyl sites for hydroxylation is 2. The van der Waals surface area contributed by atoms with Crippen molar-refractivity contribution in [3.05, 3.63) is 65.6 Å². The summed E-state index contributed by atoms with van der Waals surface area (Å²) < 4.78 is 14.0. The monoisotopic (exact) mass is 471 g/mol. The largest absolute Gasteiger partial charge is 0.497 e. The fourth-order valence-corrected chi connectivity index (χ4v) is 5.02. The van der Waals surface area contributed by atoms with Crippen molar-refractivity contribution in [1.82, 2.24) is 14.5 Å². The van der Waals surface area contributed by atoms with E-state index in [-0.39, 0.29) is 12.0 Å². The van der Waals surface area contributed by atoms with Crippen molar-refractivity contribution in [3.8, 4) is 22.8 Å². The Balaban J connectivity index is 1.32. The van der Waals surface area contributed by atoms with Gasteiger partial charge in [0.05, 0.1) is 18.9 Å². The van der Waals surface area contributed by atoms with Crippen LogP contribution < -0.4 is 9.47 Å². The van der Waals surface area contributed by atoms with Crippen molar-refractivity contribution >= 4 is 5.91 Å². The second-order valence-corrected chi connectivity index (χ2v) is 10.2. The molecule has 0 bridgehead atoms. The van der Waals surface area contributed by atoms with E-state index in [2.05, 4.69) is 29.0 Å². The summed E-state index contributed by atoms with van der Waals surface area (Å²) in [5.41, 5.74) is 3.81. The average molecular weight is 472 g/mol. The molecule has 0 atom stereocenters. The normalized spacial score (nSPS) is 17.1. The Hall–Kier alpha value is -3.28. The standard InChI is InChI=1S/C29H33N3O3/c1-34-25-8-2-5-22(16-25)29(33)32(17-20-10-11-20)18-23-15-21(12-13-27(23)35-24-6-3-7-24)26-19-31-14-4-9-28(31)30-26/h2,5,8,12-13,15-16,19-20,24H,3-4,6-7,9-11,14,17-18H2,1H3. The van der Waals surface area contributed by atoms with E-state index < -0.39 is 0 Å². The van der Waals surface area contributed by atoms with Gasteiger partial charge in [-0.2, -0.15) is 0 Å². The van der Waals surface area contributed by atoms with Gasteiger partial charge in [-0.25, -0.2) is 4.98 Å². The summed E-state index contributed by atoms with van der Waals surface area (Å²) >= 11 is 0. The van der Waals surface area contributed by atoms with Gasteiger partial charge in [0.2, 0.25) is 0 Å².